The van der Waals surface area contributed by atoms with Gasteiger partial charge in [0.1, 0.15) is 35.0 Å². The Labute approximate surface area is 284 Å². The number of nitrogens with zero attached hydrogens (tertiary/aromatic N) is 5. The van der Waals surface area contributed by atoms with Gasteiger partial charge >= 0.3 is 12.1 Å². The van der Waals surface area contributed by atoms with Crippen molar-refractivity contribution >= 4 is 39.9 Å². The van der Waals surface area contributed by atoms with Gasteiger partial charge in [0.25, 0.3) is 0 Å². The summed E-state index contributed by atoms with van der Waals surface area (Å²) in [4.78, 5) is 42.1. The standard InChI is InChI=1S/C37H42FN5O6/c1-5-22-9-8-10-23-17-26(48-29-11-6-7-15-46-29)18-27(30(22)23)32-31(38)33-28(19-39-32)34(41-35(40-33)47-16-14-44)42-20-24-12-13-25(21-42)43(24)36(45)49-37(2,3)4/h8-10,14,17-19,24-25,29H,5-7,11-13,15-16,20-21H2,1-4H3. The number of piperazine rings is 1. The topological polar surface area (TPSA) is 116 Å². The molecule has 0 radical (unpaired) electrons. The Morgan fingerprint density at radius 1 is 1.10 bits per heavy atom. The van der Waals surface area contributed by atoms with Crippen LogP contribution in [-0.4, -0.2) is 82.5 Å². The molecule has 3 unspecified atom stereocenters. The zero-order chi connectivity index (χ0) is 34.3. The number of amides is 1. The molecule has 0 aliphatic carbocycles. The summed E-state index contributed by atoms with van der Waals surface area (Å²) in [5, 5.41) is 2.20. The fourth-order valence-electron chi connectivity index (χ4n) is 7.30. The summed E-state index contributed by atoms with van der Waals surface area (Å²) in [6.07, 6.45) is 6.65. The first-order valence-corrected chi connectivity index (χ1v) is 17.2. The van der Waals surface area contributed by atoms with Gasteiger partial charge in [-0.25, -0.2) is 9.18 Å². The Hall–Kier alpha value is -4.58. The molecular weight excluding hydrogens is 629 g/mol. The Bertz CT molecular complexity index is 1880. The minimum atomic E-state index is -0.634. The molecule has 3 aliphatic heterocycles. The van der Waals surface area contributed by atoms with Crippen molar-refractivity contribution < 1.29 is 32.9 Å². The molecule has 3 aliphatic rings. The number of benzene rings is 2. The molecule has 3 fully saturated rings. The molecule has 2 aromatic carbocycles. The summed E-state index contributed by atoms with van der Waals surface area (Å²) in [6.45, 7) is 8.91. The van der Waals surface area contributed by atoms with E-state index >= 15 is 4.39 Å². The predicted octanol–water partition coefficient (Wildman–Crippen LogP) is 6.62. The van der Waals surface area contributed by atoms with Crippen LogP contribution in [0.5, 0.6) is 11.8 Å². The van der Waals surface area contributed by atoms with Crippen LogP contribution in [0.2, 0.25) is 0 Å². The number of halogens is 1. The number of aryl methyl sites for hydroxylation is 1. The normalized spacial score (nSPS) is 20.9. The van der Waals surface area contributed by atoms with E-state index in [1.165, 1.54) is 0 Å². The quantitative estimate of drug-likeness (QED) is 0.189. The van der Waals surface area contributed by atoms with Crippen LogP contribution in [0.4, 0.5) is 15.0 Å². The molecule has 3 atom stereocenters. The van der Waals surface area contributed by atoms with Gasteiger partial charge in [-0.2, -0.15) is 9.97 Å². The Morgan fingerprint density at radius 3 is 2.59 bits per heavy atom. The first-order valence-electron chi connectivity index (χ1n) is 17.2. The van der Waals surface area contributed by atoms with E-state index in [0.717, 1.165) is 54.9 Å². The average Bonchev–Trinajstić information content (AvgIpc) is 3.35. The first-order chi connectivity index (χ1) is 23.6. The molecule has 7 rings (SSSR count). The molecule has 0 saturated carbocycles. The zero-order valence-corrected chi connectivity index (χ0v) is 28.4. The van der Waals surface area contributed by atoms with Crippen molar-refractivity contribution in [2.75, 3.05) is 31.2 Å². The minimum Gasteiger partial charge on any atom is -0.465 e. The lowest BCUT2D eigenvalue weighted by Crippen LogP contribution is -2.57. The van der Waals surface area contributed by atoms with Crippen LogP contribution in [-0.2, 0) is 20.7 Å². The lowest BCUT2D eigenvalue weighted by Gasteiger charge is -2.42. The highest BCUT2D eigenvalue weighted by molar-refractivity contribution is 6.01. The number of hydrogen-bond acceptors (Lipinski definition) is 10. The van der Waals surface area contributed by atoms with Crippen molar-refractivity contribution in [3.05, 3.63) is 47.9 Å². The second-order valence-corrected chi connectivity index (χ2v) is 13.9. The number of ether oxygens (including phenoxy) is 4. The van der Waals surface area contributed by atoms with Crippen LogP contribution in [0.1, 0.15) is 65.4 Å². The molecule has 11 nitrogen and oxygen atoms in total. The second kappa shape index (κ2) is 13.4. The van der Waals surface area contributed by atoms with E-state index in [1.807, 2.05) is 60.9 Å². The van der Waals surface area contributed by atoms with Gasteiger partial charge in [0.2, 0.25) is 0 Å². The van der Waals surface area contributed by atoms with Gasteiger partial charge in [0.15, 0.2) is 18.4 Å². The number of fused-ring (bicyclic) bond motifs is 4. The molecule has 2 bridgehead atoms. The van der Waals surface area contributed by atoms with E-state index < -0.39 is 11.4 Å². The highest BCUT2D eigenvalue weighted by Gasteiger charge is 2.45. The maximum atomic E-state index is 17.0. The first kappa shape index (κ1) is 32.9. The molecule has 2 aromatic heterocycles. The smallest absolute Gasteiger partial charge is 0.410 e. The molecule has 258 valence electrons. The van der Waals surface area contributed by atoms with Crippen LogP contribution in [0.3, 0.4) is 0 Å². The van der Waals surface area contributed by atoms with Crippen molar-refractivity contribution in [1.82, 2.24) is 19.9 Å². The molecule has 0 N–H and O–H groups in total. The Kier molecular flexibility index (Phi) is 8.99. The number of rotatable bonds is 8. The highest BCUT2D eigenvalue weighted by Crippen LogP contribution is 2.41. The van der Waals surface area contributed by atoms with E-state index in [-0.39, 0.29) is 48.3 Å². The van der Waals surface area contributed by atoms with Crippen molar-refractivity contribution in [2.45, 2.75) is 90.2 Å². The zero-order valence-electron chi connectivity index (χ0n) is 28.4. The van der Waals surface area contributed by atoms with Crippen LogP contribution in [0.15, 0.2) is 36.5 Å². The minimum absolute atomic E-state index is 0.0295. The van der Waals surface area contributed by atoms with E-state index in [1.54, 1.807) is 6.20 Å². The fraction of sp³-hybridized carbons (Fsp3) is 0.486. The number of pyridine rings is 1. The van der Waals surface area contributed by atoms with E-state index in [9.17, 15) is 9.59 Å². The molecule has 4 aromatic rings. The summed E-state index contributed by atoms with van der Waals surface area (Å²) >= 11 is 0. The van der Waals surface area contributed by atoms with Gasteiger partial charge in [-0.05, 0) is 81.3 Å². The summed E-state index contributed by atoms with van der Waals surface area (Å²) in [5.41, 5.74) is 1.17. The van der Waals surface area contributed by atoms with Gasteiger partial charge in [-0.15, -0.1) is 0 Å². The van der Waals surface area contributed by atoms with Crippen LogP contribution in [0.25, 0.3) is 32.9 Å². The molecule has 3 saturated heterocycles. The number of carbonyl (C=O) groups excluding carboxylic acids is 2. The fourth-order valence-corrected chi connectivity index (χ4v) is 7.30. The summed E-state index contributed by atoms with van der Waals surface area (Å²) in [7, 11) is 0. The maximum absolute atomic E-state index is 17.0. The number of aromatic nitrogens is 3. The monoisotopic (exact) mass is 671 g/mol. The van der Waals surface area contributed by atoms with Crippen LogP contribution < -0.4 is 14.4 Å². The number of aldehydes is 1. The molecule has 12 heteroatoms. The van der Waals surface area contributed by atoms with Gasteiger partial charge in [0.05, 0.1) is 24.1 Å². The molecule has 5 heterocycles. The van der Waals surface area contributed by atoms with Crippen LogP contribution >= 0.6 is 0 Å². The van der Waals surface area contributed by atoms with Gasteiger partial charge in [-0.3, -0.25) is 14.7 Å². The number of hydrogen-bond donors (Lipinski definition) is 0. The van der Waals surface area contributed by atoms with Crippen molar-refractivity contribution in [3.63, 3.8) is 0 Å². The lowest BCUT2D eigenvalue weighted by molar-refractivity contribution is -0.109. The van der Waals surface area contributed by atoms with E-state index in [4.69, 9.17) is 23.9 Å². The van der Waals surface area contributed by atoms with Gasteiger partial charge in [0, 0.05) is 31.3 Å². The molecular formula is C37H42FN5O6. The molecule has 1 amide bonds. The van der Waals surface area contributed by atoms with Gasteiger partial charge in [-0.1, -0.05) is 25.1 Å². The summed E-state index contributed by atoms with van der Waals surface area (Å²) in [6, 6.07) is 9.48. The van der Waals surface area contributed by atoms with E-state index in [0.29, 0.717) is 48.5 Å². The van der Waals surface area contributed by atoms with Crippen molar-refractivity contribution in [3.8, 4) is 23.0 Å². The maximum Gasteiger partial charge on any atom is 0.410 e. The third kappa shape index (κ3) is 6.58. The van der Waals surface area contributed by atoms with Gasteiger partial charge < -0.3 is 23.8 Å². The second-order valence-electron chi connectivity index (χ2n) is 13.9. The third-order valence-electron chi connectivity index (χ3n) is 9.39. The SMILES string of the molecule is CCc1cccc2cc(OC3CCCCO3)cc(-c3ncc4c(N5CC6CCC(C5)N6C(=O)OC(C)(C)C)nc(OCC=O)nc4c3F)c12. The molecule has 49 heavy (non-hydrogen) atoms. The number of carbonyl (C=O) groups is 2. The average molecular weight is 672 g/mol. The van der Waals surface area contributed by atoms with E-state index in [2.05, 4.69) is 16.9 Å². The van der Waals surface area contributed by atoms with Crippen molar-refractivity contribution in [1.29, 1.82) is 0 Å². The Morgan fingerprint density at radius 2 is 1.90 bits per heavy atom. The molecule has 0 spiro atoms. The Balaban J connectivity index is 1.31. The van der Waals surface area contributed by atoms with Crippen molar-refractivity contribution in [2.24, 2.45) is 0 Å². The summed E-state index contributed by atoms with van der Waals surface area (Å²) in [5.74, 6) is 0.377. The van der Waals surface area contributed by atoms with Crippen LogP contribution in [0, 0.1) is 5.82 Å². The third-order valence-corrected chi connectivity index (χ3v) is 9.39. The number of anilines is 1. The predicted molar refractivity (Wildman–Crippen MR) is 182 cm³/mol. The largest absolute Gasteiger partial charge is 0.465 e. The summed E-state index contributed by atoms with van der Waals surface area (Å²) < 4.78 is 40.4. The highest BCUT2D eigenvalue weighted by atomic mass is 19.1. The lowest BCUT2D eigenvalue weighted by atomic mass is 9.95.